The topological polar surface area (TPSA) is 37.6 Å². The minimum absolute atomic E-state index is 0.671. The van der Waals surface area contributed by atoms with E-state index < -0.39 is 0 Å². The van der Waals surface area contributed by atoms with E-state index in [0.717, 1.165) is 30.6 Å². The second-order valence-corrected chi connectivity index (χ2v) is 5.49. The highest BCUT2D eigenvalue weighted by molar-refractivity contribution is 5.85. The van der Waals surface area contributed by atoms with Gasteiger partial charge in [-0.05, 0) is 44.5 Å². The maximum Gasteiger partial charge on any atom is 0.152 e. The molecule has 0 aliphatic carbocycles. The standard InChI is InChI=1S/C15H19N3O/c1-17-6-2-4-12(10-17)8-15-16-9-14-13(11-19)5-3-7-18(14)15/h3,5,7,9,11-12H,2,4,6,8,10H2,1H3. The number of rotatable bonds is 3. The minimum atomic E-state index is 0.671. The third-order valence-corrected chi connectivity index (χ3v) is 4.00. The number of carbonyl (C=O) groups is 1. The van der Waals surface area contributed by atoms with Crippen molar-refractivity contribution < 1.29 is 4.79 Å². The molecule has 0 spiro atoms. The Morgan fingerprint density at radius 1 is 1.53 bits per heavy atom. The molecule has 4 nitrogen and oxygen atoms in total. The third kappa shape index (κ3) is 2.40. The van der Waals surface area contributed by atoms with Gasteiger partial charge in [0.2, 0.25) is 0 Å². The molecule has 0 aromatic carbocycles. The van der Waals surface area contributed by atoms with Crippen LogP contribution < -0.4 is 0 Å². The summed E-state index contributed by atoms with van der Waals surface area (Å²) in [4.78, 5) is 17.9. The summed E-state index contributed by atoms with van der Waals surface area (Å²) in [5.74, 6) is 1.74. The molecule has 1 unspecified atom stereocenters. The van der Waals surface area contributed by atoms with Crippen LogP contribution in [0.3, 0.4) is 0 Å². The number of fused-ring (bicyclic) bond motifs is 1. The van der Waals surface area contributed by atoms with E-state index in [9.17, 15) is 4.79 Å². The first kappa shape index (κ1) is 12.4. The lowest BCUT2D eigenvalue weighted by molar-refractivity contribution is 0.112. The largest absolute Gasteiger partial charge is 0.306 e. The Labute approximate surface area is 113 Å². The highest BCUT2D eigenvalue weighted by Gasteiger charge is 2.19. The number of nitrogens with zero attached hydrogens (tertiary/aromatic N) is 3. The van der Waals surface area contributed by atoms with Crippen molar-refractivity contribution >= 4 is 11.8 Å². The van der Waals surface area contributed by atoms with E-state index in [1.807, 2.05) is 24.5 Å². The summed E-state index contributed by atoms with van der Waals surface area (Å²) < 4.78 is 2.05. The predicted molar refractivity (Wildman–Crippen MR) is 74.5 cm³/mol. The van der Waals surface area contributed by atoms with Crippen LogP contribution in [0.1, 0.15) is 29.0 Å². The van der Waals surface area contributed by atoms with E-state index in [1.54, 1.807) is 0 Å². The number of hydrogen-bond donors (Lipinski definition) is 0. The first-order chi connectivity index (χ1) is 9.28. The van der Waals surface area contributed by atoms with E-state index in [0.29, 0.717) is 11.5 Å². The number of likely N-dealkylation sites (tertiary alicyclic amines) is 1. The van der Waals surface area contributed by atoms with Crippen molar-refractivity contribution in [2.24, 2.45) is 5.92 Å². The molecule has 0 saturated carbocycles. The van der Waals surface area contributed by atoms with Gasteiger partial charge < -0.3 is 9.30 Å². The molecule has 3 rings (SSSR count). The maximum atomic E-state index is 11.0. The van der Waals surface area contributed by atoms with Gasteiger partial charge in [0.05, 0.1) is 11.7 Å². The number of pyridine rings is 1. The average molecular weight is 257 g/mol. The van der Waals surface area contributed by atoms with Crippen LogP contribution in [0.5, 0.6) is 0 Å². The second kappa shape index (κ2) is 5.13. The normalized spacial score (nSPS) is 20.8. The Kier molecular flexibility index (Phi) is 3.34. The van der Waals surface area contributed by atoms with Gasteiger partial charge in [0, 0.05) is 24.7 Å². The fourth-order valence-corrected chi connectivity index (χ4v) is 3.05. The molecular weight excluding hydrogens is 238 g/mol. The second-order valence-electron chi connectivity index (χ2n) is 5.49. The number of imidazole rings is 1. The molecule has 1 aliphatic heterocycles. The van der Waals surface area contributed by atoms with Gasteiger partial charge >= 0.3 is 0 Å². The molecule has 0 N–H and O–H groups in total. The molecular formula is C15H19N3O. The van der Waals surface area contributed by atoms with E-state index in [-0.39, 0.29) is 0 Å². The summed E-state index contributed by atoms with van der Waals surface area (Å²) in [5.41, 5.74) is 1.62. The quantitative estimate of drug-likeness (QED) is 0.790. The van der Waals surface area contributed by atoms with Crippen molar-refractivity contribution in [2.75, 3.05) is 20.1 Å². The molecule has 1 fully saturated rings. The van der Waals surface area contributed by atoms with Crippen molar-refractivity contribution in [3.63, 3.8) is 0 Å². The fraction of sp³-hybridized carbons (Fsp3) is 0.467. The molecule has 19 heavy (non-hydrogen) atoms. The molecule has 0 bridgehead atoms. The smallest absolute Gasteiger partial charge is 0.152 e. The molecule has 1 atom stereocenters. The number of aromatic nitrogens is 2. The van der Waals surface area contributed by atoms with Gasteiger partial charge in [-0.3, -0.25) is 4.79 Å². The van der Waals surface area contributed by atoms with Gasteiger partial charge in [0.25, 0.3) is 0 Å². The highest BCUT2D eigenvalue weighted by Crippen LogP contribution is 2.20. The number of piperidine rings is 1. The fourth-order valence-electron chi connectivity index (χ4n) is 3.05. The zero-order valence-corrected chi connectivity index (χ0v) is 11.2. The van der Waals surface area contributed by atoms with Crippen molar-refractivity contribution in [3.8, 4) is 0 Å². The molecule has 3 heterocycles. The number of carbonyl (C=O) groups excluding carboxylic acids is 1. The third-order valence-electron chi connectivity index (χ3n) is 4.00. The van der Waals surface area contributed by atoms with Crippen molar-refractivity contribution in [2.45, 2.75) is 19.3 Å². The van der Waals surface area contributed by atoms with Crippen molar-refractivity contribution in [1.82, 2.24) is 14.3 Å². The summed E-state index contributed by atoms with van der Waals surface area (Å²) >= 11 is 0. The summed E-state index contributed by atoms with van der Waals surface area (Å²) in [6.45, 7) is 2.34. The van der Waals surface area contributed by atoms with Crippen molar-refractivity contribution in [1.29, 1.82) is 0 Å². The van der Waals surface area contributed by atoms with Gasteiger partial charge in [-0.1, -0.05) is 0 Å². The van der Waals surface area contributed by atoms with Gasteiger partial charge in [0.1, 0.15) is 5.82 Å². The molecule has 2 aromatic heterocycles. The van der Waals surface area contributed by atoms with Crippen LogP contribution in [0.2, 0.25) is 0 Å². The first-order valence-electron chi connectivity index (χ1n) is 6.86. The monoisotopic (exact) mass is 257 g/mol. The lowest BCUT2D eigenvalue weighted by atomic mass is 9.95. The zero-order valence-electron chi connectivity index (χ0n) is 11.2. The maximum absolute atomic E-state index is 11.0. The van der Waals surface area contributed by atoms with Crippen LogP contribution in [0.15, 0.2) is 24.5 Å². The highest BCUT2D eigenvalue weighted by atomic mass is 16.1. The SMILES string of the molecule is CN1CCCC(Cc2ncc3c(C=O)cccn23)C1. The molecule has 0 radical (unpaired) electrons. The van der Waals surface area contributed by atoms with Crippen LogP contribution in [-0.2, 0) is 6.42 Å². The summed E-state index contributed by atoms with van der Waals surface area (Å²) in [6.07, 6.45) is 8.23. The van der Waals surface area contributed by atoms with Crippen LogP contribution >= 0.6 is 0 Å². The summed E-state index contributed by atoms with van der Waals surface area (Å²) in [7, 11) is 2.18. The van der Waals surface area contributed by atoms with Crippen LogP contribution in [-0.4, -0.2) is 40.7 Å². The Morgan fingerprint density at radius 2 is 2.42 bits per heavy atom. The van der Waals surface area contributed by atoms with Crippen LogP contribution in [0.25, 0.3) is 5.52 Å². The predicted octanol–water partition coefficient (Wildman–Crippen LogP) is 2.03. The van der Waals surface area contributed by atoms with Gasteiger partial charge in [-0.2, -0.15) is 0 Å². The van der Waals surface area contributed by atoms with Gasteiger partial charge in [-0.25, -0.2) is 4.98 Å². The molecule has 4 heteroatoms. The first-order valence-corrected chi connectivity index (χ1v) is 6.86. The van der Waals surface area contributed by atoms with Crippen molar-refractivity contribution in [3.05, 3.63) is 35.9 Å². The van der Waals surface area contributed by atoms with E-state index in [2.05, 4.69) is 21.3 Å². The van der Waals surface area contributed by atoms with E-state index in [4.69, 9.17) is 0 Å². The molecule has 1 saturated heterocycles. The van der Waals surface area contributed by atoms with Gasteiger partial charge in [0.15, 0.2) is 6.29 Å². The van der Waals surface area contributed by atoms with Crippen LogP contribution in [0, 0.1) is 5.92 Å². The molecule has 1 aliphatic rings. The Morgan fingerprint density at radius 3 is 3.21 bits per heavy atom. The van der Waals surface area contributed by atoms with E-state index >= 15 is 0 Å². The molecule has 0 amide bonds. The zero-order chi connectivity index (χ0) is 13.2. The average Bonchev–Trinajstić information content (AvgIpc) is 2.82. The number of hydrogen-bond acceptors (Lipinski definition) is 3. The van der Waals surface area contributed by atoms with E-state index in [1.165, 1.54) is 19.4 Å². The van der Waals surface area contributed by atoms with Gasteiger partial charge in [-0.15, -0.1) is 0 Å². The molecule has 100 valence electrons. The lowest BCUT2D eigenvalue weighted by Gasteiger charge is -2.29. The lowest BCUT2D eigenvalue weighted by Crippen LogP contribution is -2.33. The Balaban J connectivity index is 1.87. The summed E-state index contributed by atoms with van der Waals surface area (Å²) in [6, 6.07) is 3.75. The minimum Gasteiger partial charge on any atom is -0.306 e. The Hall–Kier alpha value is -1.68. The number of aldehydes is 1. The summed E-state index contributed by atoms with van der Waals surface area (Å²) in [5, 5.41) is 0. The Bertz CT molecular complexity index is 590. The van der Waals surface area contributed by atoms with Crippen LogP contribution in [0.4, 0.5) is 0 Å². The molecule has 2 aromatic rings.